The van der Waals surface area contributed by atoms with Gasteiger partial charge < -0.3 is 8.97 Å². The molecule has 0 aliphatic rings. The van der Waals surface area contributed by atoms with Crippen LogP contribution in [0.1, 0.15) is 16.7 Å². The van der Waals surface area contributed by atoms with Crippen molar-refractivity contribution >= 4 is 81.4 Å². The molecule has 0 bridgehead atoms. The van der Waals surface area contributed by atoms with Crippen LogP contribution >= 0.6 is 0 Å². The summed E-state index contributed by atoms with van der Waals surface area (Å²) in [6.07, 6.45) is 0.870. The summed E-state index contributed by atoms with van der Waals surface area (Å²) in [6.45, 7) is 2.21. The lowest BCUT2D eigenvalue weighted by molar-refractivity contribution is 1.19. The number of hydrogen-bond acceptors (Lipinski definition) is 0. The lowest BCUT2D eigenvalue weighted by Crippen LogP contribution is -1.94. The van der Waals surface area contributed by atoms with E-state index in [9.17, 15) is 0 Å². The number of benzene rings is 10. The summed E-state index contributed by atoms with van der Waals surface area (Å²) in [6, 6.07) is 74.6. The zero-order chi connectivity index (χ0) is 39.5. The third kappa shape index (κ3) is 4.88. The lowest BCUT2D eigenvalue weighted by Gasteiger charge is -2.13. The highest BCUT2D eigenvalue weighted by Crippen LogP contribution is 2.44. The maximum Gasteiger partial charge on any atom is 0.0620 e. The van der Waals surface area contributed by atoms with Gasteiger partial charge in [-0.25, -0.2) is 0 Å². The van der Waals surface area contributed by atoms with Crippen LogP contribution < -0.4 is 0 Å². The molecule has 0 saturated heterocycles. The van der Waals surface area contributed by atoms with Gasteiger partial charge in [-0.2, -0.15) is 0 Å². The Morgan fingerprint density at radius 3 is 1.65 bits per heavy atom. The van der Waals surface area contributed by atoms with Gasteiger partial charge in [-0.1, -0.05) is 140 Å². The second kappa shape index (κ2) is 12.7. The van der Waals surface area contributed by atoms with Gasteiger partial charge in [0.1, 0.15) is 0 Å². The third-order valence-corrected chi connectivity index (χ3v) is 13.1. The first-order valence-corrected chi connectivity index (χ1v) is 21.0. The average Bonchev–Trinajstić information content (AvgIpc) is 3.92. The van der Waals surface area contributed by atoms with E-state index in [-0.39, 0.29) is 0 Å². The normalized spacial score (nSPS) is 12.2. The fraction of sp³-hybridized carbons (Fsp3) is 0.0345. The molecule has 3 aromatic heterocycles. The van der Waals surface area contributed by atoms with Crippen molar-refractivity contribution in [2.24, 2.45) is 0 Å². The van der Waals surface area contributed by atoms with Gasteiger partial charge in [0.25, 0.3) is 0 Å². The number of nitrogens with zero attached hydrogens (tertiary/aromatic N) is 2. The van der Waals surface area contributed by atoms with Gasteiger partial charge in [0.15, 0.2) is 0 Å². The molecule has 0 radical (unpaired) electrons. The van der Waals surface area contributed by atoms with Crippen molar-refractivity contribution in [2.45, 2.75) is 13.3 Å². The molecule has 0 aliphatic carbocycles. The third-order valence-electron chi connectivity index (χ3n) is 13.1. The molecule has 3 heterocycles. The first-order valence-electron chi connectivity index (χ1n) is 21.0. The van der Waals surface area contributed by atoms with Crippen LogP contribution in [-0.4, -0.2) is 8.97 Å². The predicted octanol–water partition coefficient (Wildman–Crippen LogP) is 15.5. The first-order chi connectivity index (χ1) is 29.6. The maximum absolute atomic E-state index is 2.55. The van der Waals surface area contributed by atoms with Crippen molar-refractivity contribution in [1.29, 1.82) is 0 Å². The topological polar surface area (TPSA) is 9.34 Å². The quantitative estimate of drug-likeness (QED) is 0.165. The van der Waals surface area contributed by atoms with Crippen LogP contribution in [0.5, 0.6) is 0 Å². The fourth-order valence-electron chi connectivity index (χ4n) is 10.3. The summed E-state index contributed by atoms with van der Waals surface area (Å²) in [7, 11) is 0. The molecule has 60 heavy (non-hydrogen) atoms. The van der Waals surface area contributed by atoms with Crippen LogP contribution in [0, 0.1) is 6.92 Å². The molecule has 0 spiro atoms. The van der Waals surface area contributed by atoms with Crippen molar-refractivity contribution < 1.29 is 0 Å². The highest BCUT2D eigenvalue weighted by molar-refractivity contribution is 6.27. The first kappa shape index (κ1) is 33.3. The molecule has 0 atom stereocenters. The number of para-hydroxylation sites is 2. The second-order valence-electron chi connectivity index (χ2n) is 16.6. The van der Waals surface area contributed by atoms with Gasteiger partial charge in [-0.15, -0.1) is 0 Å². The standard InChI is InChI=1S/C58H38N2/c1-36-13-5-7-17-46(36)47-18-8-6-16-41(47)27-37-23-24-39-30-50-52-32-44(38-14-3-2-4-15-38)33-53-51-31-40-25-26-45(59-54-21-11-9-19-48(54)49-20-10-12-22-55(49)59)29-43(40)35-57(51)60(58(52)53)56(50)34-42(39)28-37/h2-26,28-35H,27H2,1H3. The highest BCUT2D eigenvalue weighted by atomic mass is 15.0. The summed E-state index contributed by atoms with van der Waals surface area (Å²) >= 11 is 0. The smallest absolute Gasteiger partial charge is 0.0620 e. The molecule has 10 aromatic carbocycles. The molecule has 0 N–H and O–H groups in total. The van der Waals surface area contributed by atoms with Crippen LogP contribution in [-0.2, 0) is 6.42 Å². The molecular weight excluding hydrogens is 725 g/mol. The number of aryl methyl sites for hydroxylation is 1. The van der Waals surface area contributed by atoms with Gasteiger partial charge in [-0.3, -0.25) is 0 Å². The van der Waals surface area contributed by atoms with E-state index in [2.05, 4.69) is 216 Å². The minimum Gasteiger partial charge on any atom is -0.309 e. The van der Waals surface area contributed by atoms with Crippen LogP contribution in [0.3, 0.4) is 0 Å². The highest BCUT2D eigenvalue weighted by Gasteiger charge is 2.21. The summed E-state index contributed by atoms with van der Waals surface area (Å²) in [5.74, 6) is 0. The van der Waals surface area contributed by atoms with Crippen LogP contribution in [0.15, 0.2) is 200 Å². The summed E-state index contributed by atoms with van der Waals surface area (Å²) < 4.78 is 4.97. The summed E-state index contributed by atoms with van der Waals surface area (Å²) in [5.41, 5.74) is 16.5. The Bertz CT molecular complexity index is 3810. The number of rotatable bonds is 5. The maximum atomic E-state index is 2.55. The number of aromatic nitrogens is 2. The summed E-state index contributed by atoms with van der Waals surface area (Å²) in [5, 5.41) is 12.7. The van der Waals surface area contributed by atoms with Crippen LogP contribution in [0.4, 0.5) is 0 Å². The Labute approximate surface area is 347 Å². The van der Waals surface area contributed by atoms with E-state index < -0.39 is 0 Å². The molecule has 0 unspecified atom stereocenters. The Kier molecular flexibility index (Phi) is 7.03. The molecule has 13 aromatic rings. The van der Waals surface area contributed by atoms with E-state index in [0.29, 0.717) is 0 Å². The predicted molar refractivity (Wildman–Crippen MR) is 255 cm³/mol. The van der Waals surface area contributed by atoms with E-state index in [1.165, 1.54) is 126 Å². The fourth-order valence-corrected chi connectivity index (χ4v) is 10.3. The average molecular weight is 763 g/mol. The van der Waals surface area contributed by atoms with Gasteiger partial charge in [0, 0.05) is 38.0 Å². The Balaban J connectivity index is 1.04. The Hall–Kier alpha value is -7.68. The van der Waals surface area contributed by atoms with E-state index >= 15 is 0 Å². The molecule has 0 aliphatic heterocycles. The zero-order valence-electron chi connectivity index (χ0n) is 33.2. The number of fused-ring (bicyclic) bond motifs is 11. The van der Waals surface area contributed by atoms with Crippen molar-refractivity contribution in [3.8, 4) is 27.9 Å². The van der Waals surface area contributed by atoms with E-state index in [1.54, 1.807) is 0 Å². The number of hydrogen-bond donors (Lipinski definition) is 0. The molecule has 280 valence electrons. The minimum absolute atomic E-state index is 0.870. The molecular formula is C58H38N2. The minimum atomic E-state index is 0.870. The van der Waals surface area contributed by atoms with Crippen molar-refractivity contribution in [1.82, 2.24) is 8.97 Å². The zero-order valence-corrected chi connectivity index (χ0v) is 33.2. The van der Waals surface area contributed by atoms with Gasteiger partial charge in [0.05, 0.1) is 27.6 Å². The Morgan fingerprint density at radius 1 is 0.367 bits per heavy atom. The molecule has 2 nitrogen and oxygen atoms in total. The molecule has 0 saturated carbocycles. The van der Waals surface area contributed by atoms with Gasteiger partial charge in [-0.05, 0) is 134 Å². The molecule has 13 rings (SSSR count). The van der Waals surface area contributed by atoms with E-state index in [1.807, 2.05) is 0 Å². The van der Waals surface area contributed by atoms with Gasteiger partial charge in [0.2, 0.25) is 0 Å². The second-order valence-corrected chi connectivity index (χ2v) is 16.6. The Morgan fingerprint density at radius 2 is 0.950 bits per heavy atom. The van der Waals surface area contributed by atoms with Crippen molar-refractivity contribution in [2.75, 3.05) is 0 Å². The van der Waals surface area contributed by atoms with Gasteiger partial charge >= 0.3 is 0 Å². The van der Waals surface area contributed by atoms with Crippen molar-refractivity contribution in [3.63, 3.8) is 0 Å². The summed E-state index contributed by atoms with van der Waals surface area (Å²) in [4.78, 5) is 0. The lowest BCUT2D eigenvalue weighted by atomic mass is 9.92. The van der Waals surface area contributed by atoms with Crippen LogP contribution in [0.2, 0.25) is 0 Å². The van der Waals surface area contributed by atoms with Crippen molar-refractivity contribution in [3.05, 3.63) is 217 Å². The monoisotopic (exact) mass is 762 g/mol. The van der Waals surface area contributed by atoms with Crippen LogP contribution in [0.25, 0.3) is 109 Å². The van der Waals surface area contributed by atoms with E-state index in [4.69, 9.17) is 0 Å². The largest absolute Gasteiger partial charge is 0.309 e. The molecule has 0 fully saturated rings. The molecule has 0 amide bonds. The molecule has 2 heteroatoms. The SMILES string of the molecule is Cc1ccccc1-c1ccccc1Cc1ccc2cc3c4cc(-c5ccccc5)cc5c6cc7ccc(-n8c9ccccc9c9ccccc98)cc7cc6n(c3cc2c1)c45. The van der Waals surface area contributed by atoms with E-state index in [0.717, 1.165) is 6.42 Å².